The van der Waals surface area contributed by atoms with Crippen LogP contribution >= 0.6 is 0 Å². The number of nitrogens with one attached hydrogen (secondary N) is 1. The van der Waals surface area contributed by atoms with E-state index in [1.54, 1.807) is 23.0 Å². The largest absolute Gasteiger partial charge is 0.345 e. The molecule has 2 heterocycles. The lowest BCUT2D eigenvalue weighted by Crippen LogP contribution is -2.26. The van der Waals surface area contributed by atoms with Crippen LogP contribution in [0.4, 0.5) is 0 Å². The summed E-state index contributed by atoms with van der Waals surface area (Å²) in [4.78, 5) is 16.8. The molecule has 0 aliphatic rings. The zero-order valence-corrected chi connectivity index (χ0v) is 13.2. The molecule has 5 heteroatoms. The molecule has 0 bridgehead atoms. The van der Waals surface area contributed by atoms with Gasteiger partial charge in [0.05, 0.1) is 17.8 Å². The third-order valence-corrected chi connectivity index (χ3v) is 3.75. The Kier molecular flexibility index (Phi) is 4.39. The van der Waals surface area contributed by atoms with Crippen LogP contribution in [0.25, 0.3) is 5.69 Å². The number of amides is 1. The maximum atomic E-state index is 12.7. The first-order valence-electron chi connectivity index (χ1n) is 7.56. The van der Waals surface area contributed by atoms with Crippen molar-refractivity contribution < 1.29 is 4.79 Å². The molecule has 3 rings (SSSR count). The SMILES string of the molecule is Cc1ccccc1-n1ccc(C#N)c1C(=O)NCc1ccccn1. The van der Waals surface area contributed by atoms with Crippen molar-refractivity contribution in [3.05, 3.63) is 83.4 Å². The molecule has 2 aromatic heterocycles. The van der Waals surface area contributed by atoms with Crippen molar-refractivity contribution in [3.63, 3.8) is 0 Å². The van der Waals surface area contributed by atoms with Gasteiger partial charge in [-0.1, -0.05) is 24.3 Å². The van der Waals surface area contributed by atoms with Gasteiger partial charge in [-0.25, -0.2) is 0 Å². The molecular weight excluding hydrogens is 300 g/mol. The van der Waals surface area contributed by atoms with E-state index in [4.69, 9.17) is 0 Å². The van der Waals surface area contributed by atoms with Crippen molar-refractivity contribution in [2.75, 3.05) is 0 Å². The zero-order chi connectivity index (χ0) is 16.9. The first kappa shape index (κ1) is 15.5. The van der Waals surface area contributed by atoms with Crippen molar-refractivity contribution in [1.29, 1.82) is 5.26 Å². The average Bonchev–Trinajstić information content (AvgIpc) is 3.05. The Hall–Kier alpha value is -3.39. The summed E-state index contributed by atoms with van der Waals surface area (Å²) in [5.74, 6) is -0.301. The molecule has 0 spiro atoms. The molecule has 0 fully saturated rings. The van der Waals surface area contributed by atoms with Crippen LogP contribution in [0.15, 0.2) is 60.9 Å². The standard InChI is InChI=1S/C19H16N4O/c1-14-6-2-3-8-17(14)23-11-9-15(12-20)18(23)19(24)22-13-16-7-4-5-10-21-16/h2-11H,13H2,1H3,(H,22,24). The van der Waals surface area contributed by atoms with Crippen molar-refractivity contribution in [2.45, 2.75) is 13.5 Å². The first-order valence-corrected chi connectivity index (χ1v) is 7.56. The molecule has 1 N–H and O–H groups in total. The molecule has 1 aromatic carbocycles. The molecule has 0 aliphatic heterocycles. The fourth-order valence-electron chi connectivity index (χ4n) is 2.55. The second-order valence-corrected chi connectivity index (χ2v) is 5.35. The van der Waals surface area contributed by atoms with Gasteiger partial charge in [-0.15, -0.1) is 0 Å². The second-order valence-electron chi connectivity index (χ2n) is 5.35. The predicted molar refractivity (Wildman–Crippen MR) is 90.6 cm³/mol. The number of nitrogens with zero attached hydrogens (tertiary/aromatic N) is 3. The van der Waals surface area contributed by atoms with Gasteiger partial charge in [-0.05, 0) is 36.8 Å². The van der Waals surface area contributed by atoms with E-state index < -0.39 is 0 Å². The lowest BCUT2D eigenvalue weighted by atomic mass is 10.2. The molecule has 5 nitrogen and oxygen atoms in total. The Balaban J connectivity index is 1.92. The minimum absolute atomic E-state index is 0.301. The fraction of sp³-hybridized carbons (Fsp3) is 0.105. The summed E-state index contributed by atoms with van der Waals surface area (Å²) in [5, 5.41) is 12.2. The molecular formula is C19H16N4O. The van der Waals surface area contributed by atoms with Gasteiger partial charge < -0.3 is 9.88 Å². The Morgan fingerprint density at radius 2 is 2.00 bits per heavy atom. The molecule has 1 amide bonds. The Labute approximate surface area is 140 Å². The molecule has 0 saturated heterocycles. The van der Waals surface area contributed by atoms with Crippen molar-refractivity contribution in [1.82, 2.24) is 14.9 Å². The highest BCUT2D eigenvalue weighted by atomic mass is 16.1. The number of pyridine rings is 1. The lowest BCUT2D eigenvalue weighted by molar-refractivity contribution is 0.0943. The summed E-state index contributed by atoms with van der Waals surface area (Å²) >= 11 is 0. The summed E-state index contributed by atoms with van der Waals surface area (Å²) in [7, 11) is 0. The van der Waals surface area contributed by atoms with Crippen LogP contribution in [0.1, 0.15) is 27.3 Å². The summed E-state index contributed by atoms with van der Waals surface area (Å²) in [5.41, 5.74) is 3.34. The van der Waals surface area contributed by atoms with Gasteiger partial charge >= 0.3 is 0 Å². The zero-order valence-electron chi connectivity index (χ0n) is 13.2. The fourth-order valence-corrected chi connectivity index (χ4v) is 2.55. The summed E-state index contributed by atoms with van der Waals surface area (Å²) < 4.78 is 1.75. The number of benzene rings is 1. The van der Waals surface area contributed by atoms with E-state index in [0.29, 0.717) is 17.8 Å². The smallest absolute Gasteiger partial charge is 0.269 e. The molecule has 0 unspecified atom stereocenters. The number of carbonyl (C=O) groups excluding carboxylic acids is 1. The van der Waals surface area contributed by atoms with Gasteiger partial charge in [-0.3, -0.25) is 9.78 Å². The number of hydrogen-bond donors (Lipinski definition) is 1. The van der Waals surface area contributed by atoms with E-state index in [9.17, 15) is 10.1 Å². The molecule has 0 radical (unpaired) electrons. The summed E-state index contributed by atoms with van der Waals surface area (Å²) in [6.45, 7) is 2.28. The Morgan fingerprint density at radius 3 is 2.71 bits per heavy atom. The average molecular weight is 316 g/mol. The number of nitriles is 1. The first-order chi connectivity index (χ1) is 11.7. The van der Waals surface area contributed by atoms with Crippen LogP contribution in [-0.2, 0) is 6.54 Å². The van der Waals surface area contributed by atoms with Crippen molar-refractivity contribution in [2.24, 2.45) is 0 Å². The van der Waals surface area contributed by atoms with Crippen molar-refractivity contribution in [3.8, 4) is 11.8 Å². The van der Waals surface area contributed by atoms with Crippen LogP contribution in [0.2, 0.25) is 0 Å². The van der Waals surface area contributed by atoms with Crippen LogP contribution in [-0.4, -0.2) is 15.5 Å². The van der Waals surface area contributed by atoms with Gasteiger partial charge in [0.1, 0.15) is 11.8 Å². The summed E-state index contributed by atoms with van der Waals surface area (Å²) in [6.07, 6.45) is 3.43. The van der Waals surface area contributed by atoms with Gasteiger partial charge in [0, 0.05) is 18.1 Å². The minimum atomic E-state index is -0.301. The molecule has 0 saturated carbocycles. The molecule has 118 valence electrons. The maximum absolute atomic E-state index is 12.7. The van der Waals surface area contributed by atoms with Crippen LogP contribution in [0.5, 0.6) is 0 Å². The number of aromatic nitrogens is 2. The van der Waals surface area contributed by atoms with E-state index in [2.05, 4.69) is 16.4 Å². The van der Waals surface area contributed by atoms with E-state index in [1.807, 2.05) is 49.4 Å². The van der Waals surface area contributed by atoms with E-state index in [-0.39, 0.29) is 5.91 Å². The van der Waals surface area contributed by atoms with Crippen LogP contribution in [0, 0.1) is 18.3 Å². The Bertz CT molecular complexity index is 907. The third kappa shape index (κ3) is 3.03. The number of carbonyl (C=O) groups is 1. The van der Waals surface area contributed by atoms with E-state index in [1.165, 1.54) is 0 Å². The van der Waals surface area contributed by atoms with Gasteiger partial charge in [0.25, 0.3) is 5.91 Å². The van der Waals surface area contributed by atoms with E-state index >= 15 is 0 Å². The molecule has 0 atom stereocenters. The second kappa shape index (κ2) is 6.80. The van der Waals surface area contributed by atoms with Crippen molar-refractivity contribution >= 4 is 5.91 Å². The summed E-state index contributed by atoms with van der Waals surface area (Å²) in [6, 6.07) is 17.0. The number of aryl methyl sites for hydroxylation is 1. The van der Waals surface area contributed by atoms with Gasteiger partial charge in [0.15, 0.2) is 0 Å². The van der Waals surface area contributed by atoms with Gasteiger partial charge in [0.2, 0.25) is 0 Å². The number of hydrogen-bond acceptors (Lipinski definition) is 3. The van der Waals surface area contributed by atoms with Crippen LogP contribution in [0.3, 0.4) is 0 Å². The Morgan fingerprint density at radius 1 is 1.21 bits per heavy atom. The van der Waals surface area contributed by atoms with E-state index in [0.717, 1.165) is 16.9 Å². The van der Waals surface area contributed by atoms with Gasteiger partial charge in [-0.2, -0.15) is 5.26 Å². The monoisotopic (exact) mass is 316 g/mol. The highest BCUT2D eigenvalue weighted by Crippen LogP contribution is 2.20. The molecule has 0 aliphatic carbocycles. The highest BCUT2D eigenvalue weighted by Gasteiger charge is 2.18. The molecule has 3 aromatic rings. The maximum Gasteiger partial charge on any atom is 0.269 e. The number of rotatable bonds is 4. The highest BCUT2D eigenvalue weighted by molar-refractivity contribution is 5.95. The predicted octanol–water partition coefficient (Wildman–Crippen LogP) is 2.98. The minimum Gasteiger partial charge on any atom is -0.345 e. The normalized spacial score (nSPS) is 10.2. The topological polar surface area (TPSA) is 70.7 Å². The van der Waals surface area contributed by atoms with Crippen LogP contribution < -0.4 is 5.32 Å². The third-order valence-electron chi connectivity index (χ3n) is 3.75. The lowest BCUT2D eigenvalue weighted by Gasteiger charge is -2.12. The number of para-hydroxylation sites is 1. The quantitative estimate of drug-likeness (QED) is 0.804. The molecule has 24 heavy (non-hydrogen) atoms.